The highest BCUT2D eigenvalue weighted by molar-refractivity contribution is 5.31. The highest BCUT2D eigenvalue weighted by Crippen LogP contribution is 2.18. The minimum absolute atomic E-state index is 0.679. The fourth-order valence-corrected chi connectivity index (χ4v) is 2.69. The van der Waals surface area contributed by atoms with Crippen molar-refractivity contribution >= 4 is 5.95 Å². The quantitative estimate of drug-likeness (QED) is 0.709. The van der Waals surface area contributed by atoms with Crippen molar-refractivity contribution < 1.29 is 0 Å². The van der Waals surface area contributed by atoms with Crippen LogP contribution in [-0.4, -0.2) is 41.1 Å². The van der Waals surface area contributed by atoms with Gasteiger partial charge in [0.25, 0.3) is 0 Å². The van der Waals surface area contributed by atoms with Crippen LogP contribution in [0.5, 0.6) is 0 Å². The molecule has 0 saturated heterocycles. The van der Waals surface area contributed by atoms with Crippen molar-refractivity contribution in [1.82, 2.24) is 34.5 Å². The van der Waals surface area contributed by atoms with Crippen molar-refractivity contribution in [2.75, 3.05) is 11.4 Å². The van der Waals surface area contributed by atoms with Gasteiger partial charge in [0.1, 0.15) is 5.69 Å². The molecule has 8 heteroatoms. The van der Waals surface area contributed by atoms with Gasteiger partial charge >= 0.3 is 0 Å². The normalized spacial score (nSPS) is 14.6. The van der Waals surface area contributed by atoms with E-state index in [1.165, 1.54) is 0 Å². The van der Waals surface area contributed by atoms with Gasteiger partial charge in [-0.2, -0.15) is 0 Å². The molecule has 0 unspecified atom stereocenters. The second-order valence-corrected chi connectivity index (χ2v) is 5.26. The van der Waals surface area contributed by atoms with Crippen LogP contribution in [0.3, 0.4) is 0 Å². The summed E-state index contributed by atoms with van der Waals surface area (Å²) < 4.78 is 3.99. The van der Waals surface area contributed by atoms with Crippen LogP contribution in [0, 0.1) is 0 Å². The Morgan fingerprint density at radius 3 is 2.82 bits per heavy atom. The lowest BCUT2D eigenvalue weighted by molar-refractivity contribution is 0.569. The third-order valence-electron chi connectivity index (χ3n) is 3.78. The van der Waals surface area contributed by atoms with Crippen LogP contribution in [-0.2, 0) is 19.6 Å². The van der Waals surface area contributed by atoms with Crippen molar-refractivity contribution in [3.63, 3.8) is 0 Å². The van der Waals surface area contributed by atoms with Gasteiger partial charge in [-0.3, -0.25) is 0 Å². The third kappa shape index (κ3) is 2.43. The lowest BCUT2D eigenvalue weighted by Gasteiger charge is -2.19. The summed E-state index contributed by atoms with van der Waals surface area (Å²) in [6.45, 7) is 3.19. The van der Waals surface area contributed by atoms with Gasteiger partial charge in [-0.15, -0.1) is 5.10 Å². The number of imidazole rings is 1. The van der Waals surface area contributed by atoms with Gasteiger partial charge < -0.3 is 9.47 Å². The van der Waals surface area contributed by atoms with E-state index in [0.29, 0.717) is 6.54 Å². The molecule has 0 atom stereocenters. The summed E-state index contributed by atoms with van der Waals surface area (Å²) in [5, 5.41) is 8.63. The molecule has 22 heavy (non-hydrogen) atoms. The summed E-state index contributed by atoms with van der Waals surface area (Å²) in [5.41, 5.74) is 2.10. The zero-order valence-electron chi connectivity index (χ0n) is 12.1. The van der Waals surface area contributed by atoms with E-state index in [-0.39, 0.29) is 0 Å². The number of aromatic nitrogens is 7. The Kier molecular flexibility index (Phi) is 3.26. The van der Waals surface area contributed by atoms with E-state index in [1.54, 1.807) is 24.9 Å². The number of hydrogen-bond acceptors (Lipinski definition) is 6. The van der Waals surface area contributed by atoms with Gasteiger partial charge in [0, 0.05) is 37.9 Å². The van der Waals surface area contributed by atoms with Crippen LogP contribution in [0.15, 0.2) is 37.2 Å². The number of aryl methyl sites for hydroxylation is 1. The molecule has 0 spiro atoms. The Labute approximate surface area is 127 Å². The maximum absolute atomic E-state index is 4.36. The molecule has 0 aliphatic carbocycles. The van der Waals surface area contributed by atoms with Crippen molar-refractivity contribution in [3.05, 3.63) is 48.6 Å². The smallest absolute Gasteiger partial charge is 0.225 e. The second-order valence-electron chi connectivity index (χ2n) is 5.26. The predicted octanol–water partition coefficient (Wildman–Crippen LogP) is 0.723. The van der Waals surface area contributed by atoms with Gasteiger partial charge in [0.15, 0.2) is 0 Å². The molecule has 1 aliphatic heterocycles. The Bertz CT molecular complexity index is 734. The summed E-state index contributed by atoms with van der Waals surface area (Å²) in [4.78, 5) is 15.0. The fraction of sp³-hybridized carbons (Fsp3) is 0.357. The highest BCUT2D eigenvalue weighted by Gasteiger charge is 2.21. The largest absolute Gasteiger partial charge is 0.335 e. The molecular formula is C14H16N8. The van der Waals surface area contributed by atoms with Gasteiger partial charge in [0.2, 0.25) is 5.95 Å². The number of anilines is 1. The van der Waals surface area contributed by atoms with Gasteiger partial charge in [-0.25, -0.2) is 19.6 Å². The molecule has 8 nitrogen and oxygen atoms in total. The zero-order chi connectivity index (χ0) is 14.8. The molecule has 0 bridgehead atoms. The van der Waals surface area contributed by atoms with Crippen molar-refractivity contribution in [3.8, 4) is 0 Å². The lowest BCUT2D eigenvalue weighted by Crippen LogP contribution is -2.25. The van der Waals surface area contributed by atoms with E-state index in [1.807, 2.05) is 21.5 Å². The van der Waals surface area contributed by atoms with Crippen molar-refractivity contribution in [2.24, 2.45) is 0 Å². The van der Waals surface area contributed by atoms with E-state index < -0.39 is 0 Å². The van der Waals surface area contributed by atoms with Crippen LogP contribution in [0.1, 0.15) is 17.8 Å². The van der Waals surface area contributed by atoms with Crippen LogP contribution in [0.4, 0.5) is 5.95 Å². The molecule has 4 heterocycles. The van der Waals surface area contributed by atoms with E-state index in [2.05, 4.69) is 30.2 Å². The van der Waals surface area contributed by atoms with Gasteiger partial charge in [-0.05, 0) is 12.5 Å². The molecule has 0 saturated carbocycles. The number of nitrogens with zero attached hydrogens (tertiary/aromatic N) is 8. The summed E-state index contributed by atoms with van der Waals surface area (Å²) >= 11 is 0. The minimum Gasteiger partial charge on any atom is -0.335 e. The SMILES string of the molecule is c1cnc(N2CCCn3nnc(Cn4ccnc4)c3C2)nc1. The summed E-state index contributed by atoms with van der Waals surface area (Å²) in [5.74, 6) is 0.755. The number of fused-ring (bicyclic) bond motifs is 1. The zero-order valence-corrected chi connectivity index (χ0v) is 12.1. The molecule has 1 aliphatic rings. The first-order chi connectivity index (χ1) is 10.9. The summed E-state index contributed by atoms with van der Waals surface area (Å²) in [7, 11) is 0. The molecule has 4 rings (SSSR count). The average Bonchev–Trinajstić information content (AvgIpc) is 3.14. The summed E-state index contributed by atoms with van der Waals surface area (Å²) in [6.07, 6.45) is 10.0. The second kappa shape index (κ2) is 5.55. The third-order valence-corrected chi connectivity index (χ3v) is 3.78. The molecule has 0 radical (unpaired) electrons. The standard InChI is InChI=1S/C14H16N8/c1-3-16-14(17-4-1)21-6-2-7-22-13(10-21)12(18-19-22)9-20-8-5-15-11-20/h1,3-5,8,11H,2,6-7,9-10H2. The maximum atomic E-state index is 4.36. The molecule has 3 aromatic heterocycles. The number of rotatable bonds is 3. The Morgan fingerprint density at radius 1 is 1.09 bits per heavy atom. The van der Waals surface area contributed by atoms with Crippen molar-refractivity contribution in [1.29, 1.82) is 0 Å². The molecule has 0 amide bonds. The van der Waals surface area contributed by atoms with E-state index in [4.69, 9.17) is 0 Å². The highest BCUT2D eigenvalue weighted by atomic mass is 15.4. The fourth-order valence-electron chi connectivity index (χ4n) is 2.69. The molecule has 3 aromatic rings. The first-order valence-electron chi connectivity index (χ1n) is 7.29. The minimum atomic E-state index is 0.679. The molecular weight excluding hydrogens is 280 g/mol. The van der Waals surface area contributed by atoms with E-state index in [9.17, 15) is 0 Å². The Balaban J connectivity index is 1.63. The molecule has 0 fully saturated rings. The first-order valence-corrected chi connectivity index (χ1v) is 7.29. The van der Waals surface area contributed by atoms with Crippen LogP contribution in [0.2, 0.25) is 0 Å². The maximum Gasteiger partial charge on any atom is 0.225 e. The first kappa shape index (κ1) is 12.9. The van der Waals surface area contributed by atoms with Gasteiger partial charge in [0.05, 0.1) is 25.1 Å². The predicted molar refractivity (Wildman–Crippen MR) is 79.1 cm³/mol. The van der Waals surface area contributed by atoms with Gasteiger partial charge in [-0.1, -0.05) is 5.21 Å². The average molecular weight is 296 g/mol. The molecule has 112 valence electrons. The Hall–Kier alpha value is -2.77. The van der Waals surface area contributed by atoms with E-state index in [0.717, 1.165) is 43.4 Å². The summed E-state index contributed by atoms with van der Waals surface area (Å²) in [6, 6.07) is 1.83. The Morgan fingerprint density at radius 2 is 2.00 bits per heavy atom. The lowest BCUT2D eigenvalue weighted by atomic mass is 10.3. The van der Waals surface area contributed by atoms with Crippen LogP contribution < -0.4 is 4.90 Å². The van der Waals surface area contributed by atoms with Crippen LogP contribution >= 0.6 is 0 Å². The monoisotopic (exact) mass is 296 g/mol. The molecule has 0 aromatic carbocycles. The van der Waals surface area contributed by atoms with Crippen molar-refractivity contribution in [2.45, 2.75) is 26.1 Å². The van der Waals surface area contributed by atoms with E-state index >= 15 is 0 Å². The van der Waals surface area contributed by atoms with Crippen LogP contribution in [0.25, 0.3) is 0 Å². The molecule has 0 N–H and O–H groups in total. The number of hydrogen-bond donors (Lipinski definition) is 0. The topological polar surface area (TPSA) is 77.5 Å².